The number of carbonyl (C=O) groups is 1. The summed E-state index contributed by atoms with van der Waals surface area (Å²) in [4.78, 5) is 9.94. The van der Waals surface area contributed by atoms with Crippen LogP contribution in [-0.4, -0.2) is 13.8 Å². The van der Waals surface area contributed by atoms with Gasteiger partial charge in [0.1, 0.15) is 0 Å². The van der Waals surface area contributed by atoms with E-state index in [0.717, 1.165) is 14.3 Å². The average Bonchev–Trinajstić information content (AvgIpc) is 2.42. The fourth-order valence-electron chi connectivity index (χ4n) is 0.762. The van der Waals surface area contributed by atoms with E-state index in [0.29, 0.717) is 21.2 Å². The van der Waals surface area contributed by atoms with E-state index in [9.17, 15) is 9.90 Å². The number of carboxylic acid groups (broad SMARTS) is 1. The molecule has 9 heavy (non-hydrogen) atoms. The van der Waals surface area contributed by atoms with E-state index in [-0.39, 0.29) is 6.42 Å². The van der Waals surface area contributed by atoms with Crippen molar-refractivity contribution in [3.05, 3.63) is 0 Å². The summed E-state index contributed by atoms with van der Waals surface area (Å²) in [5.41, 5.74) is 0. The number of aliphatic carboxylic acids is 1. The van der Waals surface area contributed by atoms with Crippen molar-refractivity contribution in [2.45, 2.75) is 27.6 Å². The van der Waals surface area contributed by atoms with Crippen molar-refractivity contribution in [1.29, 1.82) is 0 Å². The molecule has 0 saturated carbocycles. The van der Waals surface area contributed by atoms with Gasteiger partial charge in [-0.1, -0.05) is 0 Å². The molecule has 1 aliphatic rings. The molecule has 0 aromatic heterocycles. The molecule has 3 heteroatoms. The molecule has 0 amide bonds. The zero-order chi connectivity index (χ0) is 6.85. The molecule has 0 aromatic rings. The molecule has 0 unspecified atom stereocenters. The maximum atomic E-state index is 9.94. The molecule has 0 aliphatic carbocycles. The monoisotopic (exact) mass is 240 g/mol. The van der Waals surface area contributed by atoms with Crippen LogP contribution in [0.2, 0.25) is 0 Å². The van der Waals surface area contributed by atoms with E-state index >= 15 is 0 Å². The third kappa shape index (κ3) is 2.51. The van der Waals surface area contributed by atoms with Gasteiger partial charge in [0.2, 0.25) is 0 Å². The van der Waals surface area contributed by atoms with E-state index < -0.39 is 5.97 Å². The van der Waals surface area contributed by atoms with E-state index in [1.54, 1.807) is 0 Å². The first kappa shape index (κ1) is 7.31. The topological polar surface area (TPSA) is 40.1 Å². The van der Waals surface area contributed by atoms with Crippen LogP contribution in [0.25, 0.3) is 0 Å². The SMILES string of the molecule is C[C@@H]1[I-][C@H]1CCC(=O)[O-]. The number of alkyl halides is 2. The van der Waals surface area contributed by atoms with Crippen molar-refractivity contribution in [3.63, 3.8) is 0 Å². The molecule has 2 nitrogen and oxygen atoms in total. The van der Waals surface area contributed by atoms with Gasteiger partial charge < -0.3 is 0 Å². The fraction of sp³-hybridized carbons (Fsp3) is 0.833. The fourth-order valence-corrected chi connectivity index (χ4v) is 3.01. The molecule has 0 bridgehead atoms. The van der Waals surface area contributed by atoms with Crippen LogP contribution in [0.15, 0.2) is 0 Å². The summed E-state index contributed by atoms with van der Waals surface area (Å²) >= 11 is 0.388. The summed E-state index contributed by atoms with van der Waals surface area (Å²) in [6, 6.07) is 0. The van der Waals surface area contributed by atoms with Crippen molar-refractivity contribution in [1.82, 2.24) is 0 Å². The van der Waals surface area contributed by atoms with Crippen LogP contribution in [0.1, 0.15) is 19.8 Å². The summed E-state index contributed by atoms with van der Waals surface area (Å²) in [7, 11) is 0. The van der Waals surface area contributed by atoms with E-state index in [4.69, 9.17) is 0 Å². The first-order chi connectivity index (χ1) is 4.20. The van der Waals surface area contributed by atoms with Crippen LogP contribution in [0, 0.1) is 0 Å². The number of rotatable bonds is 3. The second kappa shape index (κ2) is 2.86. The number of carboxylic acids is 1. The Balaban J connectivity index is 2.00. The Morgan fingerprint density at radius 3 is 2.67 bits per heavy atom. The van der Waals surface area contributed by atoms with Gasteiger partial charge in [0.05, 0.1) is 0 Å². The molecule has 1 rings (SSSR count). The predicted molar refractivity (Wildman–Crippen MR) is 27.5 cm³/mol. The molecule has 0 aromatic carbocycles. The van der Waals surface area contributed by atoms with Gasteiger partial charge in [-0.25, -0.2) is 0 Å². The predicted octanol–water partition coefficient (Wildman–Crippen LogP) is -3.62. The van der Waals surface area contributed by atoms with Gasteiger partial charge in [0.15, 0.2) is 0 Å². The standard InChI is InChI=1S/C6H10IO2/c1-4-5(7-4)2-3-6(8)9/h4-5H,2-3H2,1H3,(H,8,9)/q-1/p-1/t4-,5-/m0/s1. The molecule has 1 saturated heterocycles. The van der Waals surface area contributed by atoms with E-state index in [1.165, 1.54) is 0 Å². The van der Waals surface area contributed by atoms with Crippen LogP contribution in [-0.2, 0) is 4.79 Å². The Hall–Kier alpha value is 0.200. The van der Waals surface area contributed by atoms with Gasteiger partial charge in [-0.2, -0.15) is 0 Å². The van der Waals surface area contributed by atoms with Crippen LogP contribution in [0.5, 0.6) is 0 Å². The number of hydrogen-bond acceptors (Lipinski definition) is 2. The van der Waals surface area contributed by atoms with E-state index in [1.807, 2.05) is 0 Å². The zero-order valence-corrected chi connectivity index (χ0v) is 7.42. The minimum atomic E-state index is -0.891. The average molecular weight is 240 g/mol. The Labute approximate surface area is 64.9 Å². The Morgan fingerprint density at radius 1 is 1.78 bits per heavy atom. The Morgan fingerprint density at radius 2 is 2.33 bits per heavy atom. The molecule has 0 radical (unpaired) electrons. The van der Waals surface area contributed by atoms with Gasteiger partial charge in [0.25, 0.3) is 0 Å². The van der Waals surface area contributed by atoms with Gasteiger partial charge in [-0.15, -0.1) is 0 Å². The van der Waals surface area contributed by atoms with Gasteiger partial charge in [0, 0.05) is 0 Å². The summed E-state index contributed by atoms with van der Waals surface area (Å²) in [6.45, 7) is 2.20. The quantitative estimate of drug-likeness (QED) is 0.377. The second-order valence-corrected chi connectivity index (χ2v) is 6.51. The van der Waals surface area contributed by atoms with Crippen LogP contribution in [0.3, 0.4) is 0 Å². The zero-order valence-electron chi connectivity index (χ0n) is 5.26. The third-order valence-corrected chi connectivity index (χ3v) is 5.21. The number of hydrogen-bond donors (Lipinski definition) is 0. The van der Waals surface area contributed by atoms with Crippen LogP contribution >= 0.6 is 0 Å². The number of halogens is 1. The molecule has 54 valence electrons. The van der Waals surface area contributed by atoms with Crippen molar-refractivity contribution in [3.8, 4) is 0 Å². The van der Waals surface area contributed by atoms with Crippen LogP contribution < -0.4 is 26.3 Å². The number of carbonyl (C=O) groups excluding carboxylic acids is 1. The second-order valence-electron chi connectivity index (χ2n) is 2.23. The van der Waals surface area contributed by atoms with Crippen molar-refractivity contribution in [2.75, 3.05) is 0 Å². The van der Waals surface area contributed by atoms with Gasteiger partial charge >= 0.3 is 64.7 Å². The first-order valence-corrected chi connectivity index (χ1v) is 5.51. The molecule has 1 fully saturated rings. The van der Waals surface area contributed by atoms with Crippen LogP contribution in [0.4, 0.5) is 0 Å². The van der Waals surface area contributed by atoms with Crippen molar-refractivity contribution < 1.29 is 31.1 Å². The van der Waals surface area contributed by atoms with Gasteiger partial charge in [-0.05, 0) is 0 Å². The molecule has 1 heterocycles. The third-order valence-electron chi connectivity index (χ3n) is 1.42. The van der Waals surface area contributed by atoms with Crippen molar-refractivity contribution in [2.24, 2.45) is 0 Å². The Bertz CT molecular complexity index is 124. The maximum absolute atomic E-state index is 9.94. The molecule has 0 spiro atoms. The molecular weight excluding hydrogens is 231 g/mol. The molecule has 1 aliphatic heterocycles. The normalized spacial score (nSPS) is 33.0. The summed E-state index contributed by atoms with van der Waals surface area (Å²) < 4.78 is 1.67. The van der Waals surface area contributed by atoms with Crippen molar-refractivity contribution >= 4 is 5.97 Å². The minimum absolute atomic E-state index is 0.273. The summed E-state index contributed by atoms with van der Waals surface area (Å²) in [6.07, 6.45) is 1.14. The Kier molecular flexibility index (Phi) is 2.32. The molecular formula is C6H9IO2-2. The summed E-state index contributed by atoms with van der Waals surface area (Å²) in [5.74, 6) is -0.891. The first-order valence-electron chi connectivity index (χ1n) is 3.02. The summed E-state index contributed by atoms with van der Waals surface area (Å²) in [5, 5.41) is 9.94. The molecule has 2 atom stereocenters. The van der Waals surface area contributed by atoms with Gasteiger partial charge in [-0.3, -0.25) is 0 Å². The molecule has 0 N–H and O–H groups in total. The van der Waals surface area contributed by atoms with E-state index in [2.05, 4.69) is 6.92 Å².